The fourth-order valence-electron chi connectivity index (χ4n) is 1.97. The normalized spacial score (nSPS) is 11.1. The molecule has 0 aliphatic heterocycles. The number of halogens is 1. The molecule has 0 spiro atoms. The monoisotopic (exact) mass is 353 g/mol. The van der Waals surface area contributed by atoms with Crippen molar-refractivity contribution in [3.8, 4) is 0 Å². The van der Waals surface area contributed by atoms with E-state index in [1.807, 2.05) is 0 Å². The SMILES string of the molecule is CNc1cccc(S(=O)(=O)NC(=O)Cc2cc(Cl)cnc2C)c1. The molecule has 6 nitrogen and oxygen atoms in total. The second-order valence-electron chi connectivity index (χ2n) is 4.88. The van der Waals surface area contributed by atoms with Gasteiger partial charge in [-0.1, -0.05) is 17.7 Å². The molecule has 0 unspecified atom stereocenters. The van der Waals surface area contributed by atoms with Crippen LogP contribution >= 0.6 is 11.6 Å². The molecule has 0 saturated carbocycles. The van der Waals surface area contributed by atoms with E-state index in [0.717, 1.165) is 0 Å². The summed E-state index contributed by atoms with van der Waals surface area (Å²) in [6.07, 6.45) is 1.35. The molecule has 2 N–H and O–H groups in total. The van der Waals surface area contributed by atoms with Crippen LogP contribution < -0.4 is 10.0 Å². The van der Waals surface area contributed by atoms with E-state index in [2.05, 4.69) is 15.0 Å². The summed E-state index contributed by atoms with van der Waals surface area (Å²) < 4.78 is 26.6. The molecule has 8 heteroatoms. The van der Waals surface area contributed by atoms with Crippen LogP contribution in [0.2, 0.25) is 5.02 Å². The van der Waals surface area contributed by atoms with E-state index >= 15 is 0 Å². The Hall–Kier alpha value is -2.12. The first kappa shape index (κ1) is 17.2. The molecule has 1 aromatic carbocycles. The van der Waals surface area contributed by atoms with E-state index in [1.165, 1.54) is 18.3 Å². The van der Waals surface area contributed by atoms with Crippen molar-refractivity contribution in [2.45, 2.75) is 18.2 Å². The van der Waals surface area contributed by atoms with Gasteiger partial charge in [-0.3, -0.25) is 9.78 Å². The third-order valence-electron chi connectivity index (χ3n) is 3.19. The minimum absolute atomic E-state index is 0.0126. The second kappa shape index (κ2) is 6.97. The van der Waals surface area contributed by atoms with Gasteiger partial charge in [-0.05, 0) is 36.8 Å². The third kappa shape index (κ3) is 4.43. The Bertz CT molecular complexity index is 838. The molecule has 0 bridgehead atoms. The first-order chi connectivity index (χ1) is 10.8. The molecule has 0 aliphatic carbocycles. The van der Waals surface area contributed by atoms with Gasteiger partial charge in [-0.2, -0.15) is 0 Å². The largest absolute Gasteiger partial charge is 0.388 e. The number of rotatable bonds is 5. The highest BCUT2D eigenvalue weighted by Gasteiger charge is 2.19. The summed E-state index contributed by atoms with van der Waals surface area (Å²) in [5.74, 6) is -0.646. The smallest absolute Gasteiger partial charge is 0.264 e. The van der Waals surface area contributed by atoms with E-state index in [0.29, 0.717) is 22.0 Å². The standard InChI is InChI=1S/C15H16ClN3O3S/c1-10-11(6-12(16)9-18-10)7-15(20)19-23(21,22)14-5-3-4-13(8-14)17-2/h3-6,8-9,17H,7H2,1-2H3,(H,19,20). The molecule has 2 aromatic rings. The lowest BCUT2D eigenvalue weighted by molar-refractivity contribution is -0.118. The topological polar surface area (TPSA) is 88.2 Å². The van der Waals surface area contributed by atoms with Gasteiger partial charge in [0, 0.05) is 24.6 Å². The number of hydrogen-bond acceptors (Lipinski definition) is 5. The van der Waals surface area contributed by atoms with Crippen molar-refractivity contribution in [2.24, 2.45) is 0 Å². The average Bonchev–Trinajstić information content (AvgIpc) is 2.50. The van der Waals surface area contributed by atoms with E-state index < -0.39 is 15.9 Å². The van der Waals surface area contributed by atoms with Crippen molar-refractivity contribution in [3.05, 3.63) is 52.8 Å². The van der Waals surface area contributed by atoms with Crippen LogP contribution in [0.15, 0.2) is 41.4 Å². The highest BCUT2D eigenvalue weighted by atomic mass is 35.5. The number of sulfonamides is 1. The van der Waals surface area contributed by atoms with E-state index in [9.17, 15) is 13.2 Å². The van der Waals surface area contributed by atoms with E-state index in [-0.39, 0.29) is 11.3 Å². The maximum atomic E-state index is 12.3. The number of benzene rings is 1. The van der Waals surface area contributed by atoms with Gasteiger partial charge >= 0.3 is 0 Å². The molecule has 0 saturated heterocycles. The number of anilines is 1. The number of pyridine rings is 1. The Balaban J connectivity index is 2.16. The lowest BCUT2D eigenvalue weighted by Crippen LogP contribution is -2.32. The molecule has 1 heterocycles. The number of nitrogens with zero attached hydrogens (tertiary/aromatic N) is 1. The molecule has 0 radical (unpaired) electrons. The minimum atomic E-state index is -3.93. The molecular weight excluding hydrogens is 338 g/mol. The molecule has 0 aliphatic rings. The summed E-state index contributed by atoms with van der Waals surface area (Å²) in [6, 6.07) is 7.78. The van der Waals surface area contributed by atoms with Crippen molar-refractivity contribution in [3.63, 3.8) is 0 Å². The van der Waals surface area contributed by atoms with Gasteiger partial charge in [0.1, 0.15) is 0 Å². The maximum absolute atomic E-state index is 12.3. The predicted molar refractivity (Wildman–Crippen MR) is 89.0 cm³/mol. The van der Waals surface area contributed by atoms with Gasteiger partial charge in [-0.25, -0.2) is 13.1 Å². The quantitative estimate of drug-likeness (QED) is 0.859. The summed E-state index contributed by atoms with van der Waals surface area (Å²) in [6.45, 7) is 1.73. The van der Waals surface area contributed by atoms with Crippen LogP contribution in [0.25, 0.3) is 0 Å². The molecule has 0 fully saturated rings. The number of aromatic nitrogens is 1. The fourth-order valence-corrected chi connectivity index (χ4v) is 3.18. The number of amides is 1. The zero-order chi connectivity index (χ0) is 17.0. The highest BCUT2D eigenvalue weighted by molar-refractivity contribution is 7.90. The molecule has 0 atom stereocenters. The van der Waals surface area contributed by atoms with Crippen molar-refractivity contribution in [1.29, 1.82) is 0 Å². The number of aryl methyl sites for hydroxylation is 1. The molecule has 1 aromatic heterocycles. The van der Waals surface area contributed by atoms with Crippen molar-refractivity contribution >= 4 is 33.2 Å². The van der Waals surface area contributed by atoms with Crippen molar-refractivity contribution < 1.29 is 13.2 Å². The lowest BCUT2D eigenvalue weighted by Gasteiger charge is -2.09. The first-order valence-electron chi connectivity index (χ1n) is 6.76. The summed E-state index contributed by atoms with van der Waals surface area (Å²) in [5, 5.41) is 3.24. The average molecular weight is 354 g/mol. The molecule has 1 amide bonds. The number of carbonyl (C=O) groups is 1. The van der Waals surface area contributed by atoms with Crippen LogP contribution in [-0.2, 0) is 21.2 Å². The minimum Gasteiger partial charge on any atom is -0.388 e. The van der Waals surface area contributed by atoms with Crippen LogP contribution in [0.5, 0.6) is 0 Å². The van der Waals surface area contributed by atoms with Crippen molar-refractivity contribution in [2.75, 3.05) is 12.4 Å². The Morgan fingerprint density at radius 3 is 2.74 bits per heavy atom. The summed E-state index contributed by atoms with van der Waals surface area (Å²) in [5.41, 5.74) is 1.84. The number of carbonyl (C=O) groups excluding carboxylic acids is 1. The zero-order valence-corrected chi connectivity index (χ0v) is 14.2. The fraction of sp³-hybridized carbons (Fsp3) is 0.200. The van der Waals surface area contributed by atoms with Gasteiger partial charge in [0.2, 0.25) is 5.91 Å². The van der Waals surface area contributed by atoms with Crippen LogP contribution in [0.3, 0.4) is 0 Å². The highest BCUT2D eigenvalue weighted by Crippen LogP contribution is 2.16. The predicted octanol–water partition coefficient (Wildman–Crippen LogP) is 2.13. The molecule has 2 rings (SSSR count). The van der Waals surface area contributed by atoms with Crippen molar-refractivity contribution in [1.82, 2.24) is 9.71 Å². The maximum Gasteiger partial charge on any atom is 0.264 e. The van der Waals surface area contributed by atoms with Gasteiger partial charge in [0.05, 0.1) is 16.3 Å². The molecule has 23 heavy (non-hydrogen) atoms. The van der Waals surface area contributed by atoms with Crippen LogP contribution in [0, 0.1) is 6.92 Å². The van der Waals surface area contributed by atoms with Crippen LogP contribution in [-0.4, -0.2) is 26.4 Å². The Labute approximate surface area is 139 Å². The second-order valence-corrected chi connectivity index (χ2v) is 7.00. The van der Waals surface area contributed by atoms with Crippen LogP contribution in [0.1, 0.15) is 11.3 Å². The van der Waals surface area contributed by atoms with Gasteiger partial charge < -0.3 is 5.32 Å². The van der Waals surface area contributed by atoms with Gasteiger partial charge in [0.25, 0.3) is 10.0 Å². The summed E-state index contributed by atoms with van der Waals surface area (Å²) in [7, 11) is -2.25. The van der Waals surface area contributed by atoms with E-state index in [1.54, 1.807) is 32.2 Å². The first-order valence-corrected chi connectivity index (χ1v) is 8.62. The Morgan fingerprint density at radius 1 is 1.30 bits per heavy atom. The Kier molecular flexibility index (Phi) is 5.23. The van der Waals surface area contributed by atoms with Crippen LogP contribution in [0.4, 0.5) is 5.69 Å². The van der Waals surface area contributed by atoms with Gasteiger partial charge in [0.15, 0.2) is 0 Å². The molecule has 122 valence electrons. The molecular formula is C15H16ClN3O3S. The Morgan fingerprint density at radius 2 is 2.04 bits per heavy atom. The lowest BCUT2D eigenvalue weighted by atomic mass is 10.1. The van der Waals surface area contributed by atoms with Gasteiger partial charge in [-0.15, -0.1) is 0 Å². The number of hydrogen-bond donors (Lipinski definition) is 2. The summed E-state index contributed by atoms with van der Waals surface area (Å²) in [4.78, 5) is 16.1. The zero-order valence-electron chi connectivity index (χ0n) is 12.6. The summed E-state index contributed by atoms with van der Waals surface area (Å²) >= 11 is 5.84. The number of nitrogens with one attached hydrogen (secondary N) is 2. The van der Waals surface area contributed by atoms with E-state index in [4.69, 9.17) is 11.6 Å². The third-order valence-corrected chi connectivity index (χ3v) is 4.77.